The van der Waals surface area contributed by atoms with E-state index in [0.717, 1.165) is 16.5 Å². The van der Waals surface area contributed by atoms with E-state index < -0.39 is 5.97 Å². The van der Waals surface area contributed by atoms with E-state index in [1.165, 1.54) is 6.92 Å². The molecule has 3 rings (SSSR count). The largest absolute Gasteiger partial charge is 0.423 e. The highest BCUT2D eigenvalue weighted by Crippen LogP contribution is 2.24. The van der Waals surface area contributed by atoms with Crippen molar-refractivity contribution in [1.82, 2.24) is 4.98 Å². The van der Waals surface area contributed by atoms with Gasteiger partial charge in [-0.05, 0) is 56.7 Å². The van der Waals surface area contributed by atoms with Crippen molar-refractivity contribution in [2.45, 2.75) is 20.8 Å². The molecule has 0 aliphatic carbocycles. The molecule has 0 bridgehead atoms. The molecule has 2 aromatic carbocycles. The minimum Gasteiger partial charge on any atom is -0.423 e. The zero-order valence-electron chi connectivity index (χ0n) is 13.8. The molecule has 24 heavy (non-hydrogen) atoms. The quantitative estimate of drug-likeness (QED) is 0.411. The second-order valence-corrected chi connectivity index (χ2v) is 5.68. The van der Waals surface area contributed by atoms with Crippen molar-refractivity contribution in [2.24, 2.45) is 0 Å². The minimum absolute atomic E-state index is 0.0294. The number of hydrogen-bond acceptors (Lipinski definition) is 4. The first-order chi connectivity index (χ1) is 11.5. The van der Waals surface area contributed by atoms with Gasteiger partial charge in [-0.1, -0.05) is 18.2 Å². The standard InChI is InChI=1S/C20H17NO3/c1-12-17-6-4-5-7-18(17)21-13(2)19(12)20(23)24-16-10-8-15(9-11-16)14(3)22/h4-11H,1-3H3. The number of aromatic nitrogens is 1. The second-order valence-electron chi connectivity index (χ2n) is 5.68. The normalized spacial score (nSPS) is 10.6. The number of hydrogen-bond donors (Lipinski definition) is 0. The number of ether oxygens (including phenoxy) is 1. The van der Waals surface area contributed by atoms with Gasteiger partial charge in [-0.3, -0.25) is 9.78 Å². The van der Waals surface area contributed by atoms with E-state index in [2.05, 4.69) is 4.98 Å². The van der Waals surface area contributed by atoms with Crippen LogP contribution < -0.4 is 4.74 Å². The van der Waals surface area contributed by atoms with E-state index in [1.54, 1.807) is 31.2 Å². The fourth-order valence-electron chi connectivity index (χ4n) is 2.75. The van der Waals surface area contributed by atoms with Gasteiger partial charge in [-0.15, -0.1) is 0 Å². The third kappa shape index (κ3) is 2.91. The lowest BCUT2D eigenvalue weighted by molar-refractivity contribution is 0.0733. The number of fused-ring (bicyclic) bond motifs is 1. The maximum Gasteiger partial charge on any atom is 0.345 e. The fraction of sp³-hybridized carbons (Fsp3) is 0.150. The SMILES string of the molecule is CC(=O)c1ccc(OC(=O)c2c(C)nc3ccccc3c2C)cc1. The molecule has 4 heteroatoms. The molecule has 0 amide bonds. The monoisotopic (exact) mass is 319 g/mol. The van der Waals surface area contributed by atoms with Crippen LogP contribution in [0.25, 0.3) is 10.9 Å². The summed E-state index contributed by atoms with van der Waals surface area (Å²) < 4.78 is 5.46. The first-order valence-corrected chi connectivity index (χ1v) is 7.66. The summed E-state index contributed by atoms with van der Waals surface area (Å²) >= 11 is 0. The maximum atomic E-state index is 12.6. The number of esters is 1. The second kappa shape index (κ2) is 6.24. The van der Waals surface area contributed by atoms with Gasteiger partial charge in [0.15, 0.2) is 5.78 Å². The third-order valence-electron chi connectivity index (χ3n) is 4.01. The van der Waals surface area contributed by atoms with Crippen LogP contribution in [-0.2, 0) is 0 Å². The molecule has 0 spiro atoms. The average molecular weight is 319 g/mol. The molecule has 0 radical (unpaired) electrons. The lowest BCUT2D eigenvalue weighted by Crippen LogP contribution is -2.13. The van der Waals surface area contributed by atoms with Gasteiger partial charge in [0.25, 0.3) is 0 Å². The zero-order valence-corrected chi connectivity index (χ0v) is 13.8. The van der Waals surface area contributed by atoms with Gasteiger partial charge >= 0.3 is 5.97 Å². The fourth-order valence-corrected chi connectivity index (χ4v) is 2.75. The van der Waals surface area contributed by atoms with Crippen molar-refractivity contribution < 1.29 is 14.3 Å². The Morgan fingerprint density at radius 2 is 1.62 bits per heavy atom. The van der Waals surface area contributed by atoms with E-state index in [-0.39, 0.29) is 5.78 Å². The van der Waals surface area contributed by atoms with Crippen LogP contribution in [0.1, 0.15) is 38.9 Å². The molecule has 0 unspecified atom stereocenters. The summed E-state index contributed by atoms with van der Waals surface area (Å²) in [5, 5.41) is 0.932. The molecule has 0 saturated carbocycles. The summed E-state index contributed by atoms with van der Waals surface area (Å²) in [6.45, 7) is 5.19. The van der Waals surface area contributed by atoms with Crippen LogP contribution in [0.2, 0.25) is 0 Å². The summed E-state index contributed by atoms with van der Waals surface area (Å²) in [7, 11) is 0. The van der Waals surface area contributed by atoms with E-state index in [4.69, 9.17) is 4.74 Å². The molecule has 0 aliphatic heterocycles. The van der Waals surface area contributed by atoms with Crippen LogP contribution >= 0.6 is 0 Å². The van der Waals surface area contributed by atoms with Crippen molar-refractivity contribution in [2.75, 3.05) is 0 Å². The van der Waals surface area contributed by atoms with Crippen LogP contribution in [0.4, 0.5) is 0 Å². The van der Waals surface area contributed by atoms with Gasteiger partial charge < -0.3 is 4.74 Å². The predicted octanol–water partition coefficient (Wildman–Crippen LogP) is 4.27. The number of carbonyl (C=O) groups is 2. The molecule has 0 saturated heterocycles. The van der Waals surface area contributed by atoms with Crippen LogP contribution in [0, 0.1) is 13.8 Å². The van der Waals surface area contributed by atoms with Crippen molar-refractivity contribution in [3.8, 4) is 5.75 Å². The number of ketones is 1. The van der Waals surface area contributed by atoms with Crippen molar-refractivity contribution in [1.29, 1.82) is 0 Å². The average Bonchev–Trinajstić information content (AvgIpc) is 2.55. The Balaban J connectivity index is 1.95. The number of benzene rings is 2. The lowest BCUT2D eigenvalue weighted by Gasteiger charge is -2.12. The maximum absolute atomic E-state index is 12.6. The lowest BCUT2D eigenvalue weighted by atomic mass is 10.0. The van der Waals surface area contributed by atoms with Crippen molar-refractivity contribution >= 4 is 22.7 Å². The molecule has 120 valence electrons. The molecule has 0 fully saturated rings. The molecule has 4 nitrogen and oxygen atoms in total. The number of rotatable bonds is 3. The molecule has 3 aromatic rings. The number of pyridine rings is 1. The first-order valence-electron chi connectivity index (χ1n) is 7.66. The Morgan fingerprint density at radius 3 is 2.29 bits per heavy atom. The molecule has 1 aromatic heterocycles. The summed E-state index contributed by atoms with van der Waals surface area (Å²) in [5.74, 6) is -0.0749. The molecule has 0 N–H and O–H groups in total. The molecular formula is C20H17NO3. The Morgan fingerprint density at radius 1 is 0.958 bits per heavy atom. The Hall–Kier alpha value is -3.01. The molecule has 0 aliphatic rings. The smallest absolute Gasteiger partial charge is 0.345 e. The van der Waals surface area contributed by atoms with Crippen molar-refractivity contribution in [3.63, 3.8) is 0 Å². The Bertz CT molecular complexity index is 943. The molecule has 0 atom stereocenters. The highest BCUT2D eigenvalue weighted by molar-refractivity contribution is 5.99. The van der Waals surface area contributed by atoms with Crippen LogP contribution in [0.15, 0.2) is 48.5 Å². The predicted molar refractivity (Wildman–Crippen MR) is 92.6 cm³/mol. The van der Waals surface area contributed by atoms with Crippen LogP contribution in [-0.4, -0.2) is 16.7 Å². The van der Waals surface area contributed by atoms with Gasteiger partial charge in [0.2, 0.25) is 0 Å². The van der Waals surface area contributed by atoms with Gasteiger partial charge in [0.05, 0.1) is 16.8 Å². The summed E-state index contributed by atoms with van der Waals surface area (Å²) in [6, 6.07) is 14.2. The third-order valence-corrected chi connectivity index (χ3v) is 4.01. The number of Topliss-reactive ketones (excluding diaryl/α,β-unsaturated/α-hetero) is 1. The summed E-state index contributed by atoms with van der Waals surface area (Å²) in [5.41, 5.74) is 3.40. The zero-order chi connectivity index (χ0) is 17.3. The van der Waals surface area contributed by atoms with Crippen molar-refractivity contribution in [3.05, 3.63) is 70.9 Å². The number of aryl methyl sites for hydroxylation is 2. The van der Waals surface area contributed by atoms with Crippen LogP contribution in [0.5, 0.6) is 5.75 Å². The highest BCUT2D eigenvalue weighted by atomic mass is 16.5. The minimum atomic E-state index is -0.446. The van der Waals surface area contributed by atoms with Crippen LogP contribution in [0.3, 0.4) is 0 Å². The Labute approximate surface area is 140 Å². The van der Waals surface area contributed by atoms with E-state index >= 15 is 0 Å². The number of nitrogens with zero attached hydrogens (tertiary/aromatic N) is 1. The van der Waals surface area contributed by atoms with Gasteiger partial charge in [-0.2, -0.15) is 0 Å². The molecule has 1 heterocycles. The highest BCUT2D eigenvalue weighted by Gasteiger charge is 2.18. The summed E-state index contributed by atoms with van der Waals surface area (Å²) in [6.07, 6.45) is 0. The van der Waals surface area contributed by atoms with Gasteiger partial charge in [0, 0.05) is 10.9 Å². The van der Waals surface area contributed by atoms with Gasteiger partial charge in [-0.25, -0.2) is 4.79 Å². The van der Waals surface area contributed by atoms with E-state index in [1.807, 2.05) is 31.2 Å². The van der Waals surface area contributed by atoms with E-state index in [0.29, 0.717) is 22.6 Å². The van der Waals surface area contributed by atoms with E-state index in [9.17, 15) is 9.59 Å². The Kier molecular flexibility index (Phi) is 4.13. The topological polar surface area (TPSA) is 56.3 Å². The number of carbonyl (C=O) groups excluding carboxylic acids is 2. The first kappa shape index (κ1) is 15.9. The summed E-state index contributed by atoms with van der Waals surface area (Å²) in [4.78, 5) is 28.4. The number of para-hydroxylation sites is 1. The molecular weight excluding hydrogens is 302 g/mol. The van der Waals surface area contributed by atoms with Gasteiger partial charge in [0.1, 0.15) is 5.75 Å².